The van der Waals surface area contributed by atoms with E-state index in [1.54, 1.807) is 44.2 Å². The molecule has 3 rings (SSSR count). The molecule has 0 aliphatic carbocycles. The molecule has 2 aromatic rings. The molecule has 1 fully saturated rings. The molecule has 1 saturated heterocycles. The van der Waals surface area contributed by atoms with Crippen molar-refractivity contribution < 1.29 is 42.5 Å². The first-order chi connectivity index (χ1) is 18.0. The van der Waals surface area contributed by atoms with Gasteiger partial charge >= 0.3 is 23.7 Å². The monoisotopic (exact) mass is 538 g/mol. The van der Waals surface area contributed by atoms with Gasteiger partial charge in [0.1, 0.15) is 18.5 Å². The van der Waals surface area contributed by atoms with Crippen LogP contribution >= 0.6 is 0 Å². The molecule has 1 aromatic carbocycles. The summed E-state index contributed by atoms with van der Waals surface area (Å²) >= 11 is 0. The summed E-state index contributed by atoms with van der Waals surface area (Å²) < 4.78 is 45.4. The number of anilines is 2. The van der Waals surface area contributed by atoms with Gasteiger partial charge in [-0.3, -0.25) is 14.9 Å². The maximum absolute atomic E-state index is 15.0. The van der Waals surface area contributed by atoms with Crippen LogP contribution in [0.5, 0.6) is 0 Å². The lowest BCUT2D eigenvalue weighted by atomic mass is 10.1. The van der Waals surface area contributed by atoms with Crippen molar-refractivity contribution in [1.82, 2.24) is 9.55 Å². The van der Waals surface area contributed by atoms with Gasteiger partial charge in [-0.1, -0.05) is 32.0 Å². The number of halogens is 2. The summed E-state index contributed by atoms with van der Waals surface area (Å²) in [6, 6.07) is 9.61. The summed E-state index contributed by atoms with van der Waals surface area (Å²) in [5.41, 5.74) is -0.653. The van der Waals surface area contributed by atoms with Crippen molar-refractivity contribution in [2.45, 2.75) is 51.0 Å². The second-order valence-corrected chi connectivity index (χ2v) is 8.84. The largest absolute Gasteiger partial charge is 0.463 e. The molecular formula is C24H28F2N4O8. The summed E-state index contributed by atoms with van der Waals surface area (Å²) in [5, 5.41) is 14.9. The van der Waals surface area contributed by atoms with E-state index in [1.165, 1.54) is 0 Å². The number of aromatic nitrogens is 2. The van der Waals surface area contributed by atoms with Gasteiger partial charge in [0.05, 0.1) is 13.0 Å². The third-order valence-corrected chi connectivity index (χ3v) is 5.30. The minimum absolute atomic E-state index is 0.000238. The second-order valence-electron chi connectivity index (χ2n) is 8.84. The SMILES string of the molecule is CC(C)COC(=O)Nc1ccnc(=O)n1[C@@H]1O[C@H](COC(=O)CCC(=O)Nc2ccccc2)[C@@H](O)C1(F)F. The van der Waals surface area contributed by atoms with Gasteiger partial charge in [-0.15, -0.1) is 0 Å². The van der Waals surface area contributed by atoms with Crippen molar-refractivity contribution >= 4 is 29.5 Å². The van der Waals surface area contributed by atoms with E-state index in [1.807, 2.05) is 0 Å². The van der Waals surface area contributed by atoms with Crippen molar-refractivity contribution in [2.75, 3.05) is 23.8 Å². The first-order valence-electron chi connectivity index (χ1n) is 11.7. The Morgan fingerprint density at radius 1 is 1.13 bits per heavy atom. The van der Waals surface area contributed by atoms with E-state index >= 15 is 0 Å². The van der Waals surface area contributed by atoms with Crippen LogP contribution in [0.15, 0.2) is 47.4 Å². The van der Waals surface area contributed by atoms with Gasteiger partial charge in [-0.25, -0.2) is 19.1 Å². The van der Waals surface area contributed by atoms with Crippen LogP contribution in [-0.4, -0.2) is 64.0 Å². The molecule has 3 N–H and O–H groups in total. The van der Waals surface area contributed by atoms with Crippen molar-refractivity contribution in [3.63, 3.8) is 0 Å². The second kappa shape index (κ2) is 12.6. The molecule has 3 atom stereocenters. The number of aliphatic hydroxyl groups excluding tert-OH is 1. The lowest BCUT2D eigenvalue weighted by Crippen LogP contribution is -2.42. The Kier molecular flexibility index (Phi) is 9.47. The molecule has 0 radical (unpaired) electrons. The van der Waals surface area contributed by atoms with Gasteiger partial charge in [0.2, 0.25) is 12.1 Å². The highest BCUT2D eigenvalue weighted by atomic mass is 19.3. The van der Waals surface area contributed by atoms with E-state index in [2.05, 4.69) is 15.6 Å². The van der Waals surface area contributed by atoms with Crippen molar-refractivity contribution in [2.24, 2.45) is 5.92 Å². The number of ether oxygens (including phenoxy) is 3. The fourth-order valence-electron chi connectivity index (χ4n) is 3.42. The molecule has 14 heteroatoms. The molecule has 0 unspecified atom stereocenters. The van der Waals surface area contributed by atoms with Gasteiger partial charge in [0.15, 0.2) is 6.10 Å². The van der Waals surface area contributed by atoms with Gasteiger partial charge in [-0.2, -0.15) is 8.78 Å². The number of rotatable bonds is 10. The van der Waals surface area contributed by atoms with Crippen molar-refractivity contribution in [3.8, 4) is 0 Å². The third kappa shape index (κ3) is 7.32. The van der Waals surface area contributed by atoms with Crippen LogP contribution in [0.4, 0.5) is 25.1 Å². The molecule has 2 amide bonds. The molecular weight excluding hydrogens is 510 g/mol. The number of aliphatic hydroxyl groups is 1. The topological polar surface area (TPSA) is 158 Å². The predicted octanol–water partition coefficient (Wildman–Crippen LogP) is 2.30. The summed E-state index contributed by atoms with van der Waals surface area (Å²) in [7, 11) is 0. The average Bonchev–Trinajstić information content (AvgIpc) is 3.09. The Labute approximate surface area is 215 Å². The van der Waals surface area contributed by atoms with E-state index in [9.17, 15) is 33.1 Å². The first kappa shape index (κ1) is 28.7. The highest BCUT2D eigenvalue weighted by Crippen LogP contribution is 2.43. The average molecular weight is 539 g/mol. The molecule has 1 aliphatic rings. The van der Waals surface area contributed by atoms with Crippen LogP contribution in [0.2, 0.25) is 0 Å². The Morgan fingerprint density at radius 2 is 1.84 bits per heavy atom. The maximum atomic E-state index is 15.0. The standard InChI is InChI=1S/C24H28F2N4O8/c1-14(2)12-37-23(35)29-17-10-11-27-22(34)30(17)21-24(25,26)20(33)16(38-21)13-36-19(32)9-8-18(31)28-15-6-4-3-5-7-15/h3-7,10-11,14,16,20-21,33H,8-9,12-13H2,1-2H3,(H,28,31)(H,29,35)/t16-,20-,21-/m1/s1. The number of hydrogen-bond donors (Lipinski definition) is 3. The third-order valence-electron chi connectivity index (χ3n) is 5.30. The number of amides is 2. The molecule has 0 saturated carbocycles. The Bertz CT molecular complexity index is 1190. The quantitative estimate of drug-likeness (QED) is 0.386. The summed E-state index contributed by atoms with van der Waals surface area (Å²) in [6.07, 6.45) is -7.14. The summed E-state index contributed by atoms with van der Waals surface area (Å²) in [6.45, 7) is 2.84. The van der Waals surface area contributed by atoms with Crippen LogP contribution in [0.1, 0.15) is 32.9 Å². The van der Waals surface area contributed by atoms with Crippen LogP contribution < -0.4 is 16.3 Å². The first-order valence-corrected chi connectivity index (χ1v) is 11.7. The number of carbonyl (C=O) groups is 3. The molecule has 12 nitrogen and oxygen atoms in total. The zero-order valence-electron chi connectivity index (χ0n) is 20.6. The van der Waals surface area contributed by atoms with E-state index < -0.39 is 60.4 Å². The molecule has 38 heavy (non-hydrogen) atoms. The molecule has 0 spiro atoms. The maximum Gasteiger partial charge on any atom is 0.412 e. The zero-order valence-corrected chi connectivity index (χ0v) is 20.6. The molecule has 0 bridgehead atoms. The number of carbonyl (C=O) groups excluding carboxylic acids is 3. The van der Waals surface area contributed by atoms with Gasteiger partial charge in [0, 0.05) is 18.3 Å². The zero-order chi connectivity index (χ0) is 27.9. The predicted molar refractivity (Wildman–Crippen MR) is 128 cm³/mol. The normalized spacial score (nSPS) is 20.1. The smallest absolute Gasteiger partial charge is 0.412 e. The number of nitrogens with zero attached hydrogens (tertiary/aromatic N) is 2. The summed E-state index contributed by atoms with van der Waals surface area (Å²) in [5.74, 6) is -5.78. The molecule has 1 aliphatic heterocycles. The number of nitrogens with one attached hydrogen (secondary N) is 2. The number of benzene rings is 1. The highest BCUT2D eigenvalue weighted by Gasteiger charge is 2.60. The Balaban J connectivity index is 1.61. The lowest BCUT2D eigenvalue weighted by Gasteiger charge is -2.23. The van der Waals surface area contributed by atoms with Crippen LogP contribution in [-0.2, 0) is 23.8 Å². The lowest BCUT2D eigenvalue weighted by molar-refractivity contribution is -0.151. The molecule has 2 heterocycles. The van der Waals surface area contributed by atoms with Crippen LogP contribution in [0.25, 0.3) is 0 Å². The fourth-order valence-corrected chi connectivity index (χ4v) is 3.42. The van der Waals surface area contributed by atoms with E-state index in [0.717, 1.165) is 12.3 Å². The van der Waals surface area contributed by atoms with Gasteiger partial charge < -0.3 is 24.6 Å². The molecule has 206 valence electrons. The van der Waals surface area contributed by atoms with Crippen LogP contribution in [0, 0.1) is 5.92 Å². The van der Waals surface area contributed by atoms with E-state index in [-0.39, 0.29) is 25.4 Å². The van der Waals surface area contributed by atoms with Gasteiger partial charge in [-0.05, 0) is 24.1 Å². The Hall–Kier alpha value is -3.91. The number of alkyl halides is 2. The van der Waals surface area contributed by atoms with Crippen LogP contribution in [0.3, 0.4) is 0 Å². The highest BCUT2D eigenvalue weighted by molar-refractivity contribution is 5.92. The fraction of sp³-hybridized carbons (Fsp3) is 0.458. The summed E-state index contributed by atoms with van der Waals surface area (Å²) in [4.78, 5) is 51.9. The number of esters is 1. The van der Waals surface area contributed by atoms with Crippen molar-refractivity contribution in [1.29, 1.82) is 0 Å². The van der Waals surface area contributed by atoms with Crippen molar-refractivity contribution in [3.05, 3.63) is 53.1 Å². The number of hydrogen-bond acceptors (Lipinski definition) is 9. The number of para-hydroxylation sites is 1. The molecule has 1 aromatic heterocycles. The van der Waals surface area contributed by atoms with E-state index in [4.69, 9.17) is 14.2 Å². The van der Waals surface area contributed by atoms with E-state index in [0.29, 0.717) is 10.3 Å². The van der Waals surface area contributed by atoms with Gasteiger partial charge in [0.25, 0.3) is 0 Å². The minimum atomic E-state index is -4.03. The Morgan fingerprint density at radius 3 is 2.53 bits per heavy atom. The minimum Gasteiger partial charge on any atom is -0.463 e.